The summed E-state index contributed by atoms with van der Waals surface area (Å²) >= 11 is 0. The highest BCUT2D eigenvalue weighted by atomic mass is 16.5. The van der Waals surface area contributed by atoms with Gasteiger partial charge in [0, 0.05) is 18.2 Å². The third kappa shape index (κ3) is 3.02. The molecule has 2 aromatic rings. The van der Waals surface area contributed by atoms with Crippen molar-refractivity contribution < 1.29 is 4.74 Å². The highest BCUT2D eigenvalue weighted by molar-refractivity contribution is 5.62. The summed E-state index contributed by atoms with van der Waals surface area (Å²) in [6.07, 6.45) is 4.38. The van der Waals surface area contributed by atoms with Crippen molar-refractivity contribution in [1.82, 2.24) is 9.97 Å². The number of hydrogen-bond acceptors (Lipinski definition) is 4. The average molecular weight is 255 g/mol. The number of nitrogens with one attached hydrogen (secondary N) is 1. The lowest BCUT2D eigenvalue weighted by molar-refractivity contribution is 0.303. The van der Waals surface area contributed by atoms with Crippen LogP contribution in [-0.4, -0.2) is 22.6 Å². The van der Waals surface area contributed by atoms with Gasteiger partial charge in [-0.15, -0.1) is 0 Å². The second-order valence-electron chi connectivity index (χ2n) is 4.66. The van der Waals surface area contributed by atoms with E-state index in [2.05, 4.69) is 15.3 Å². The molecule has 4 heteroatoms. The van der Waals surface area contributed by atoms with Gasteiger partial charge in [-0.25, -0.2) is 9.97 Å². The first-order valence-corrected chi connectivity index (χ1v) is 6.68. The van der Waals surface area contributed by atoms with Gasteiger partial charge in [-0.1, -0.05) is 0 Å². The molecule has 98 valence electrons. The molecule has 1 aromatic carbocycles. The van der Waals surface area contributed by atoms with Gasteiger partial charge >= 0.3 is 0 Å². The molecule has 1 fully saturated rings. The molecule has 3 rings (SSSR count). The Morgan fingerprint density at radius 3 is 2.68 bits per heavy atom. The smallest absolute Gasteiger partial charge is 0.129 e. The lowest BCUT2D eigenvalue weighted by atomic mass is 10.1. The van der Waals surface area contributed by atoms with E-state index in [1.165, 1.54) is 12.8 Å². The van der Waals surface area contributed by atoms with Crippen LogP contribution in [0.1, 0.15) is 19.8 Å². The summed E-state index contributed by atoms with van der Waals surface area (Å²) < 4.78 is 5.73. The summed E-state index contributed by atoms with van der Waals surface area (Å²) in [4.78, 5) is 8.48. The lowest BCUT2D eigenvalue weighted by Crippen LogP contribution is -2.00. The van der Waals surface area contributed by atoms with Crippen molar-refractivity contribution in [1.29, 1.82) is 0 Å². The van der Waals surface area contributed by atoms with E-state index in [0.717, 1.165) is 29.4 Å². The van der Waals surface area contributed by atoms with Crippen molar-refractivity contribution in [3.8, 4) is 17.0 Å². The first kappa shape index (κ1) is 12.0. The maximum atomic E-state index is 5.73. The Kier molecular flexibility index (Phi) is 3.31. The van der Waals surface area contributed by atoms with Crippen LogP contribution in [0.3, 0.4) is 0 Å². The second kappa shape index (κ2) is 5.26. The van der Waals surface area contributed by atoms with E-state index in [1.807, 2.05) is 37.3 Å². The summed E-state index contributed by atoms with van der Waals surface area (Å²) in [5, 5.41) is 3.19. The maximum Gasteiger partial charge on any atom is 0.129 e. The molecule has 0 bridgehead atoms. The molecule has 0 atom stereocenters. The number of rotatable bonds is 5. The molecule has 1 saturated carbocycles. The van der Waals surface area contributed by atoms with E-state index in [9.17, 15) is 0 Å². The van der Waals surface area contributed by atoms with Crippen LogP contribution in [0.15, 0.2) is 36.7 Å². The average Bonchev–Trinajstić information content (AvgIpc) is 3.24. The fourth-order valence-corrected chi connectivity index (χ4v) is 1.88. The summed E-state index contributed by atoms with van der Waals surface area (Å²) in [5.41, 5.74) is 1.99. The Morgan fingerprint density at radius 2 is 2.00 bits per heavy atom. The zero-order chi connectivity index (χ0) is 13.1. The van der Waals surface area contributed by atoms with Gasteiger partial charge in [-0.3, -0.25) is 0 Å². The quantitative estimate of drug-likeness (QED) is 0.891. The van der Waals surface area contributed by atoms with Crippen molar-refractivity contribution >= 4 is 5.82 Å². The van der Waals surface area contributed by atoms with Crippen molar-refractivity contribution in [2.24, 2.45) is 0 Å². The maximum absolute atomic E-state index is 5.73. The van der Waals surface area contributed by atoms with E-state index in [4.69, 9.17) is 4.74 Å². The molecule has 0 amide bonds. The van der Waals surface area contributed by atoms with Gasteiger partial charge in [0.05, 0.1) is 11.8 Å². The molecule has 0 radical (unpaired) electrons. The van der Waals surface area contributed by atoms with E-state index >= 15 is 0 Å². The number of ether oxygens (including phenoxy) is 1. The zero-order valence-electron chi connectivity index (χ0n) is 11.0. The molecule has 1 aromatic heterocycles. The van der Waals surface area contributed by atoms with Gasteiger partial charge in [0.1, 0.15) is 17.9 Å². The molecule has 0 unspecified atom stereocenters. The minimum absolute atomic E-state index is 0.435. The van der Waals surface area contributed by atoms with E-state index in [1.54, 1.807) is 6.33 Å². The summed E-state index contributed by atoms with van der Waals surface area (Å²) in [6.45, 7) is 2.90. The molecule has 0 aliphatic heterocycles. The fraction of sp³-hybridized carbons (Fsp3) is 0.333. The van der Waals surface area contributed by atoms with Crippen LogP contribution < -0.4 is 10.1 Å². The normalized spacial score (nSPS) is 14.2. The van der Waals surface area contributed by atoms with Crippen LogP contribution in [0, 0.1) is 0 Å². The third-order valence-corrected chi connectivity index (χ3v) is 3.00. The molecule has 19 heavy (non-hydrogen) atoms. The highest BCUT2D eigenvalue weighted by Crippen LogP contribution is 2.28. The first-order valence-electron chi connectivity index (χ1n) is 6.68. The van der Waals surface area contributed by atoms with Crippen molar-refractivity contribution in [2.75, 3.05) is 11.9 Å². The third-order valence-electron chi connectivity index (χ3n) is 3.00. The Labute approximate surface area is 112 Å². The second-order valence-corrected chi connectivity index (χ2v) is 4.66. The van der Waals surface area contributed by atoms with E-state index in [-0.39, 0.29) is 0 Å². The van der Waals surface area contributed by atoms with Gasteiger partial charge in [0.25, 0.3) is 0 Å². The van der Waals surface area contributed by atoms with Crippen molar-refractivity contribution in [3.05, 3.63) is 36.7 Å². The Hall–Kier alpha value is -2.10. The SMILES string of the molecule is CCNc1cc(-c2ccc(OC3CC3)cc2)ncn1. The monoisotopic (exact) mass is 255 g/mol. The Balaban J connectivity index is 1.78. The predicted octanol–water partition coefficient (Wildman–Crippen LogP) is 3.12. The number of anilines is 1. The summed E-state index contributed by atoms with van der Waals surface area (Å²) in [6, 6.07) is 10.0. The van der Waals surface area contributed by atoms with Crippen molar-refractivity contribution in [3.63, 3.8) is 0 Å². The molecule has 0 spiro atoms. The largest absolute Gasteiger partial charge is 0.490 e. The lowest BCUT2D eigenvalue weighted by Gasteiger charge is -2.07. The van der Waals surface area contributed by atoms with E-state index < -0.39 is 0 Å². The highest BCUT2D eigenvalue weighted by Gasteiger charge is 2.23. The number of aromatic nitrogens is 2. The first-order chi connectivity index (χ1) is 9.35. The summed E-state index contributed by atoms with van der Waals surface area (Å²) in [5.74, 6) is 1.79. The van der Waals surface area contributed by atoms with Crippen LogP contribution >= 0.6 is 0 Å². The number of nitrogens with zero attached hydrogens (tertiary/aromatic N) is 2. The molecule has 1 heterocycles. The molecule has 4 nitrogen and oxygen atoms in total. The zero-order valence-corrected chi connectivity index (χ0v) is 11.0. The molecular formula is C15H17N3O. The molecular weight excluding hydrogens is 238 g/mol. The van der Waals surface area contributed by atoms with Gasteiger partial charge in [-0.2, -0.15) is 0 Å². The van der Waals surface area contributed by atoms with Gasteiger partial charge in [-0.05, 0) is 44.0 Å². The van der Waals surface area contributed by atoms with Crippen LogP contribution in [-0.2, 0) is 0 Å². The standard InChI is InChI=1S/C15H17N3O/c1-2-16-15-9-14(17-10-18-15)11-3-5-12(6-4-11)19-13-7-8-13/h3-6,9-10,13H,2,7-8H2,1H3,(H,16,17,18). The van der Waals surface area contributed by atoms with Gasteiger partial charge < -0.3 is 10.1 Å². The van der Waals surface area contributed by atoms with Crippen LogP contribution in [0.4, 0.5) is 5.82 Å². The van der Waals surface area contributed by atoms with Crippen LogP contribution in [0.2, 0.25) is 0 Å². The number of hydrogen-bond donors (Lipinski definition) is 1. The van der Waals surface area contributed by atoms with E-state index in [0.29, 0.717) is 6.10 Å². The topological polar surface area (TPSA) is 47.0 Å². The molecule has 1 aliphatic carbocycles. The van der Waals surface area contributed by atoms with Gasteiger partial charge in [0.15, 0.2) is 0 Å². The fourth-order valence-electron chi connectivity index (χ4n) is 1.88. The minimum atomic E-state index is 0.435. The molecule has 1 N–H and O–H groups in total. The van der Waals surface area contributed by atoms with Crippen LogP contribution in [0.25, 0.3) is 11.3 Å². The number of benzene rings is 1. The summed E-state index contributed by atoms with van der Waals surface area (Å²) in [7, 11) is 0. The van der Waals surface area contributed by atoms with Crippen LogP contribution in [0.5, 0.6) is 5.75 Å². The minimum Gasteiger partial charge on any atom is -0.490 e. The molecule has 1 aliphatic rings. The van der Waals surface area contributed by atoms with Gasteiger partial charge in [0.2, 0.25) is 0 Å². The Morgan fingerprint density at radius 1 is 1.21 bits per heavy atom. The predicted molar refractivity (Wildman–Crippen MR) is 75.3 cm³/mol. The molecule has 0 saturated heterocycles. The Bertz CT molecular complexity index is 550. The van der Waals surface area contributed by atoms with Crippen molar-refractivity contribution in [2.45, 2.75) is 25.9 Å².